The molecule has 0 spiro atoms. The molecule has 8 nitrogen and oxygen atoms in total. The number of halogens is 2. The molecule has 0 atom stereocenters. The number of benzene rings is 2. The van der Waals surface area contributed by atoms with Gasteiger partial charge in [0.05, 0.1) is 23.6 Å². The van der Waals surface area contributed by atoms with E-state index in [1.807, 2.05) is 6.92 Å². The smallest absolute Gasteiger partial charge is 0.410 e. The molecule has 4 aromatic rings. The summed E-state index contributed by atoms with van der Waals surface area (Å²) in [4.78, 5) is 29.2. The van der Waals surface area contributed by atoms with Crippen molar-refractivity contribution >= 4 is 17.9 Å². The predicted octanol–water partition coefficient (Wildman–Crippen LogP) is 6.11. The molecule has 2 aromatic heterocycles. The fourth-order valence-electron chi connectivity index (χ4n) is 4.97. The Kier molecular flexibility index (Phi) is 7.58. The molecule has 216 valence electrons. The van der Waals surface area contributed by atoms with Crippen molar-refractivity contribution in [3.8, 4) is 17.2 Å². The molecule has 0 fully saturated rings. The number of nitrogens with zero attached hydrogens (tertiary/aromatic N) is 5. The lowest BCUT2D eigenvalue weighted by molar-refractivity contribution is 0.0223. The van der Waals surface area contributed by atoms with Gasteiger partial charge in [-0.1, -0.05) is 6.92 Å². The largest absolute Gasteiger partial charge is 0.444 e. The maximum atomic E-state index is 15.1. The Labute approximate surface area is 241 Å². The minimum atomic E-state index is -0.670. The van der Waals surface area contributed by atoms with Crippen LogP contribution >= 0.6 is 11.8 Å². The second-order valence-corrected chi connectivity index (χ2v) is 12.4. The van der Waals surface area contributed by atoms with Crippen LogP contribution in [0.25, 0.3) is 17.2 Å². The molecule has 5 rings (SSSR count). The van der Waals surface area contributed by atoms with Crippen molar-refractivity contribution in [2.75, 3.05) is 12.3 Å². The number of aryl methyl sites for hydroxylation is 2. The number of thioether (sulfide) groups is 1. The molecular formula is C30H33F2N5O3S. The highest BCUT2D eigenvalue weighted by atomic mass is 32.2. The Hall–Kier alpha value is -3.86. The van der Waals surface area contributed by atoms with Crippen LogP contribution in [0.4, 0.5) is 13.6 Å². The summed E-state index contributed by atoms with van der Waals surface area (Å²) in [6.45, 7) is 11.3. The number of rotatable bonds is 5. The van der Waals surface area contributed by atoms with Crippen molar-refractivity contribution in [1.82, 2.24) is 23.8 Å². The number of fused-ring (bicyclic) bond motifs is 1. The van der Waals surface area contributed by atoms with E-state index in [9.17, 15) is 14.0 Å². The zero-order valence-electron chi connectivity index (χ0n) is 24.0. The lowest BCUT2D eigenvalue weighted by Gasteiger charge is -2.29. The van der Waals surface area contributed by atoms with Crippen LogP contribution in [0.15, 0.2) is 52.4 Å². The SMILES string of the molecule is CCSc1ccc(-n2ccn(-c3c4c(nn3-c3cc(C)c(F)c(C)c3)CCN(C(=O)OC(C)(C)C)C4)c2=O)c(F)c1. The van der Waals surface area contributed by atoms with E-state index in [2.05, 4.69) is 0 Å². The highest BCUT2D eigenvalue weighted by molar-refractivity contribution is 7.99. The monoisotopic (exact) mass is 581 g/mol. The molecule has 0 saturated heterocycles. The molecule has 1 aliphatic rings. The highest BCUT2D eigenvalue weighted by Crippen LogP contribution is 2.30. The van der Waals surface area contributed by atoms with Crippen LogP contribution in [0.1, 0.15) is 50.1 Å². The van der Waals surface area contributed by atoms with Gasteiger partial charge in [0.15, 0.2) is 0 Å². The zero-order chi connectivity index (χ0) is 29.6. The van der Waals surface area contributed by atoms with E-state index in [0.717, 1.165) is 10.6 Å². The van der Waals surface area contributed by atoms with E-state index < -0.39 is 23.2 Å². The number of carbonyl (C=O) groups is 1. The average molecular weight is 582 g/mol. The lowest BCUT2D eigenvalue weighted by Crippen LogP contribution is -2.40. The van der Waals surface area contributed by atoms with Crippen LogP contribution in [0, 0.1) is 25.5 Å². The molecule has 0 unspecified atom stereocenters. The number of ether oxygens (including phenoxy) is 1. The van der Waals surface area contributed by atoms with E-state index in [4.69, 9.17) is 9.84 Å². The summed E-state index contributed by atoms with van der Waals surface area (Å²) in [6.07, 6.45) is 3.04. The van der Waals surface area contributed by atoms with Crippen molar-refractivity contribution in [1.29, 1.82) is 0 Å². The van der Waals surface area contributed by atoms with Crippen molar-refractivity contribution in [2.24, 2.45) is 0 Å². The topological polar surface area (TPSA) is 74.3 Å². The van der Waals surface area contributed by atoms with Crippen LogP contribution in [0.2, 0.25) is 0 Å². The molecule has 0 bridgehead atoms. The molecule has 0 radical (unpaired) electrons. The summed E-state index contributed by atoms with van der Waals surface area (Å²) < 4.78 is 39.5. The number of imidazole rings is 1. The Balaban J connectivity index is 1.66. The molecule has 11 heteroatoms. The van der Waals surface area contributed by atoms with Gasteiger partial charge in [0.2, 0.25) is 0 Å². The number of hydrogen-bond donors (Lipinski definition) is 0. The summed E-state index contributed by atoms with van der Waals surface area (Å²) in [6, 6.07) is 8.12. The average Bonchev–Trinajstić information content (AvgIpc) is 3.46. The van der Waals surface area contributed by atoms with Gasteiger partial charge in [0.1, 0.15) is 23.1 Å². The van der Waals surface area contributed by atoms with Gasteiger partial charge in [-0.25, -0.2) is 23.1 Å². The summed E-state index contributed by atoms with van der Waals surface area (Å²) in [7, 11) is 0. The fourth-order valence-corrected chi connectivity index (χ4v) is 5.66. The maximum absolute atomic E-state index is 15.1. The molecule has 0 N–H and O–H groups in total. The van der Waals surface area contributed by atoms with E-state index in [1.165, 1.54) is 33.2 Å². The first-order valence-corrected chi connectivity index (χ1v) is 14.5. The fraction of sp³-hybridized carbons (Fsp3) is 0.367. The van der Waals surface area contributed by atoms with Gasteiger partial charge in [-0.3, -0.25) is 9.13 Å². The highest BCUT2D eigenvalue weighted by Gasteiger charge is 2.32. The van der Waals surface area contributed by atoms with Crippen LogP contribution in [0.3, 0.4) is 0 Å². The maximum Gasteiger partial charge on any atom is 0.410 e. The summed E-state index contributed by atoms with van der Waals surface area (Å²) >= 11 is 1.51. The number of aromatic nitrogens is 4. The standard InChI is InChI=1S/C30H33F2N5O3S/c1-7-41-21-8-9-25(23(31)16-21)35-12-13-36(28(35)38)27-22-17-34(29(39)40-30(4,5)6)11-10-24(22)33-37(27)20-14-18(2)26(32)19(3)15-20/h8-9,12-16H,7,10-11,17H2,1-6H3. The van der Waals surface area contributed by atoms with Crippen LogP contribution in [0.5, 0.6) is 0 Å². The molecule has 3 heterocycles. The van der Waals surface area contributed by atoms with Gasteiger partial charge in [0.25, 0.3) is 0 Å². The third kappa shape index (κ3) is 5.55. The van der Waals surface area contributed by atoms with E-state index >= 15 is 4.39 Å². The third-order valence-electron chi connectivity index (χ3n) is 6.82. The molecule has 1 amide bonds. The summed E-state index contributed by atoms with van der Waals surface area (Å²) in [5.41, 5.74) is 1.77. The van der Waals surface area contributed by atoms with Crippen LogP contribution in [-0.2, 0) is 17.7 Å². The Bertz CT molecular complexity index is 1680. The first-order valence-electron chi connectivity index (χ1n) is 13.5. The van der Waals surface area contributed by atoms with Gasteiger partial charge in [0, 0.05) is 35.8 Å². The molecule has 0 aliphatic carbocycles. The first-order chi connectivity index (χ1) is 19.4. The van der Waals surface area contributed by atoms with Crippen molar-refractivity contribution < 1.29 is 18.3 Å². The Morgan fingerprint density at radius 3 is 2.39 bits per heavy atom. The molecule has 41 heavy (non-hydrogen) atoms. The van der Waals surface area contributed by atoms with Crippen LogP contribution in [-0.4, -0.2) is 47.8 Å². The molecule has 0 saturated carbocycles. The lowest BCUT2D eigenvalue weighted by atomic mass is 10.1. The second-order valence-electron chi connectivity index (χ2n) is 11.1. The normalized spacial score (nSPS) is 13.4. The predicted molar refractivity (Wildman–Crippen MR) is 155 cm³/mol. The number of amides is 1. The van der Waals surface area contributed by atoms with Crippen molar-refractivity contribution in [2.45, 2.75) is 65.0 Å². The minimum absolute atomic E-state index is 0.123. The van der Waals surface area contributed by atoms with Gasteiger partial charge in [-0.15, -0.1) is 11.8 Å². The summed E-state index contributed by atoms with van der Waals surface area (Å²) in [5, 5.41) is 4.82. The summed E-state index contributed by atoms with van der Waals surface area (Å²) in [5.74, 6) is 0.375. The van der Waals surface area contributed by atoms with Crippen LogP contribution < -0.4 is 5.69 Å². The molecule has 2 aromatic carbocycles. The zero-order valence-corrected chi connectivity index (χ0v) is 24.8. The first kappa shape index (κ1) is 28.7. The van der Waals surface area contributed by atoms with Crippen molar-refractivity contribution in [3.63, 3.8) is 0 Å². The Morgan fingerprint density at radius 1 is 1.07 bits per heavy atom. The van der Waals surface area contributed by atoms with Gasteiger partial charge in [-0.2, -0.15) is 5.10 Å². The number of hydrogen-bond acceptors (Lipinski definition) is 5. The quantitative estimate of drug-likeness (QED) is 0.266. The minimum Gasteiger partial charge on any atom is -0.444 e. The van der Waals surface area contributed by atoms with Gasteiger partial charge in [-0.05, 0) is 81.8 Å². The van der Waals surface area contributed by atoms with E-state index in [-0.39, 0.29) is 18.0 Å². The third-order valence-corrected chi connectivity index (χ3v) is 7.70. The van der Waals surface area contributed by atoms with Gasteiger partial charge < -0.3 is 9.64 Å². The Morgan fingerprint density at radius 2 is 1.76 bits per heavy atom. The van der Waals surface area contributed by atoms with E-state index in [1.54, 1.807) is 74.7 Å². The van der Waals surface area contributed by atoms with E-state index in [0.29, 0.717) is 46.9 Å². The second kappa shape index (κ2) is 10.8. The molecular weight excluding hydrogens is 548 g/mol. The molecule has 1 aliphatic heterocycles. The van der Waals surface area contributed by atoms with Crippen molar-refractivity contribution in [3.05, 3.63) is 87.2 Å². The number of carbonyl (C=O) groups excluding carboxylic acids is 1. The van der Waals surface area contributed by atoms with Gasteiger partial charge >= 0.3 is 11.8 Å².